The van der Waals surface area contributed by atoms with E-state index in [1.807, 2.05) is 34.6 Å². The molecule has 2 unspecified atom stereocenters. The number of carbonyl (C=O) groups excluding carboxylic acids is 5. The number of urea groups is 1. The van der Waals surface area contributed by atoms with E-state index >= 15 is 0 Å². The molecule has 0 aromatic heterocycles. The first-order chi connectivity index (χ1) is 21.3. The number of hydrogen-bond acceptors (Lipinski definition) is 7. The van der Waals surface area contributed by atoms with Gasteiger partial charge in [-0.25, -0.2) is 13.2 Å². The predicted molar refractivity (Wildman–Crippen MR) is 176 cm³/mol. The molecule has 5 atom stereocenters. The summed E-state index contributed by atoms with van der Waals surface area (Å²) in [6.07, 6.45) is 12.2. The third-order valence-electron chi connectivity index (χ3n) is 9.94. The maximum absolute atomic E-state index is 14.3. The van der Waals surface area contributed by atoms with E-state index in [0.717, 1.165) is 25.5 Å². The number of hydrogen-bond donors (Lipinski definition) is 3. The lowest BCUT2D eigenvalue weighted by molar-refractivity contribution is -0.145. The van der Waals surface area contributed by atoms with Crippen LogP contribution in [0.3, 0.4) is 0 Å². The largest absolute Gasteiger partial charge is 0.344 e. The van der Waals surface area contributed by atoms with Crippen LogP contribution in [-0.4, -0.2) is 84.9 Å². The number of rotatable bonds is 14. The summed E-state index contributed by atoms with van der Waals surface area (Å²) in [6.45, 7) is 13.4. The molecule has 3 rings (SSSR count). The highest BCUT2D eigenvalue weighted by Crippen LogP contribution is 2.65. The van der Waals surface area contributed by atoms with Gasteiger partial charge in [0.05, 0.1) is 17.3 Å². The van der Waals surface area contributed by atoms with Gasteiger partial charge in [-0.3, -0.25) is 19.2 Å². The van der Waals surface area contributed by atoms with Gasteiger partial charge < -0.3 is 20.9 Å². The Morgan fingerprint density at radius 2 is 1.72 bits per heavy atom. The van der Waals surface area contributed by atoms with Gasteiger partial charge in [0.1, 0.15) is 21.9 Å². The first-order valence-electron chi connectivity index (χ1n) is 16.3. The fraction of sp³-hybridized carbons (Fsp3) is 0.735. The number of carbonyl (C=O) groups is 5. The number of amides is 4. The Labute approximate surface area is 274 Å². The lowest BCUT2D eigenvalue weighted by Gasteiger charge is -2.40. The molecule has 0 bridgehead atoms. The van der Waals surface area contributed by atoms with Crippen LogP contribution < -0.4 is 16.0 Å². The van der Waals surface area contributed by atoms with Crippen LogP contribution in [0.1, 0.15) is 92.4 Å². The number of ketones is 2. The number of likely N-dealkylation sites (tertiary alicyclic amines) is 1. The maximum atomic E-state index is 14.3. The molecule has 3 N–H and O–H groups in total. The summed E-state index contributed by atoms with van der Waals surface area (Å²) in [7, 11) is -3.40. The normalized spacial score (nSPS) is 24.4. The number of nitrogens with zero attached hydrogens (tertiary/aromatic N) is 1. The molecule has 11 nitrogen and oxygen atoms in total. The Hall–Kier alpha value is -3.20. The molecule has 12 heteroatoms. The lowest BCUT2D eigenvalue weighted by Crippen LogP contribution is -2.63. The molecular weight excluding hydrogens is 608 g/mol. The van der Waals surface area contributed by atoms with E-state index in [0.29, 0.717) is 25.8 Å². The third kappa shape index (κ3) is 8.78. The highest BCUT2D eigenvalue weighted by atomic mass is 32.2. The van der Waals surface area contributed by atoms with Crippen molar-refractivity contribution in [2.75, 3.05) is 18.6 Å². The summed E-state index contributed by atoms with van der Waals surface area (Å²) in [6, 6.07) is -3.71. The molecule has 3 aliphatic rings. The van der Waals surface area contributed by atoms with E-state index in [9.17, 15) is 32.4 Å². The fourth-order valence-electron chi connectivity index (χ4n) is 7.38. The minimum absolute atomic E-state index is 0.0248. The van der Waals surface area contributed by atoms with Crippen LogP contribution in [0.25, 0.3) is 0 Å². The van der Waals surface area contributed by atoms with Gasteiger partial charge in [0.25, 0.3) is 0 Å². The second-order valence-corrected chi connectivity index (χ2v) is 17.3. The smallest absolute Gasteiger partial charge is 0.315 e. The van der Waals surface area contributed by atoms with E-state index in [2.05, 4.69) is 28.4 Å². The zero-order valence-electron chi connectivity index (χ0n) is 28.2. The molecule has 2 aliphatic carbocycles. The minimum Gasteiger partial charge on any atom is -0.344 e. The molecule has 1 heterocycles. The van der Waals surface area contributed by atoms with Crippen molar-refractivity contribution in [3.05, 3.63) is 12.7 Å². The third-order valence-corrected chi connectivity index (χ3v) is 11.0. The van der Waals surface area contributed by atoms with Crippen LogP contribution in [0.15, 0.2) is 12.7 Å². The predicted octanol–water partition coefficient (Wildman–Crippen LogP) is 2.93. The number of sulfone groups is 1. The van der Waals surface area contributed by atoms with Gasteiger partial charge in [-0.2, -0.15) is 0 Å². The van der Waals surface area contributed by atoms with E-state index in [4.69, 9.17) is 6.42 Å². The average Bonchev–Trinajstić information content (AvgIpc) is 3.26. The minimum atomic E-state index is -3.40. The van der Waals surface area contributed by atoms with Gasteiger partial charge in [-0.15, -0.1) is 18.9 Å². The zero-order valence-corrected chi connectivity index (χ0v) is 29.1. The van der Waals surface area contributed by atoms with Crippen LogP contribution in [0.5, 0.6) is 0 Å². The molecule has 0 spiro atoms. The van der Waals surface area contributed by atoms with Crippen molar-refractivity contribution in [1.29, 1.82) is 0 Å². The summed E-state index contributed by atoms with van der Waals surface area (Å²) in [5.41, 5.74) is -1.92. The molecule has 4 amide bonds. The number of piperidine rings is 1. The van der Waals surface area contributed by atoms with Gasteiger partial charge in [0.2, 0.25) is 23.4 Å². The standard InChI is InChI=1S/C34H52N4O7S/c1-9-11-16-23(27(40)24(39)17-12-10-2)35-29(41)26-25-22(33(25,6)7)20-38(26)30(42)28(32(3,4)5)36-31(43)37-34(21-46(8,44)45)18-14-13-15-19-34/h1,10,22-23,25-26,28H,2,11-21H2,3-8H3,(H,35,41)(H2,36,37,43)/t22?,23?,25-,26-,28+/m0/s1. The van der Waals surface area contributed by atoms with Crippen molar-refractivity contribution in [2.45, 2.75) is 116 Å². The van der Waals surface area contributed by atoms with Gasteiger partial charge in [0, 0.05) is 25.6 Å². The summed E-state index contributed by atoms with van der Waals surface area (Å²) >= 11 is 0. The molecule has 3 fully saturated rings. The summed E-state index contributed by atoms with van der Waals surface area (Å²) in [5, 5.41) is 8.49. The number of nitrogens with one attached hydrogen (secondary N) is 3. The maximum Gasteiger partial charge on any atom is 0.315 e. The Morgan fingerprint density at radius 1 is 1.09 bits per heavy atom. The van der Waals surface area contributed by atoms with Crippen molar-refractivity contribution in [2.24, 2.45) is 22.7 Å². The lowest BCUT2D eigenvalue weighted by atomic mass is 9.83. The first-order valence-corrected chi connectivity index (χ1v) is 18.3. The Bertz CT molecular complexity index is 1370. The van der Waals surface area contributed by atoms with Crippen molar-refractivity contribution in [3.8, 4) is 12.3 Å². The average molecular weight is 661 g/mol. The molecule has 0 aromatic carbocycles. The van der Waals surface area contributed by atoms with E-state index in [1.165, 1.54) is 11.0 Å². The molecule has 0 radical (unpaired) electrons. The van der Waals surface area contributed by atoms with Crippen molar-refractivity contribution in [1.82, 2.24) is 20.9 Å². The SMILES string of the molecule is C#CCCC(NC(=O)[C@@H]1[C@@H]2C(CN1C(=O)[C@@H](NC(=O)NC1(CS(C)(=O)=O)CCCCC1)C(C)(C)C)C2(C)C)C(=O)C(=O)CCC=C. The monoisotopic (exact) mass is 660 g/mol. The molecule has 46 heavy (non-hydrogen) atoms. The molecule has 1 aliphatic heterocycles. The number of fused-ring (bicyclic) bond motifs is 1. The van der Waals surface area contributed by atoms with Crippen molar-refractivity contribution >= 4 is 39.2 Å². The summed E-state index contributed by atoms with van der Waals surface area (Å²) < 4.78 is 24.5. The molecule has 1 saturated heterocycles. The van der Waals surface area contributed by atoms with Crippen molar-refractivity contribution in [3.63, 3.8) is 0 Å². The Balaban J connectivity index is 1.85. The van der Waals surface area contributed by atoms with Gasteiger partial charge in [-0.1, -0.05) is 60.0 Å². The Kier molecular flexibility index (Phi) is 11.6. The van der Waals surface area contributed by atoms with E-state index < -0.39 is 68.3 Å². The highest BCUT2D eigenvalue weighted by molar-refractivity contribution is 7.90. The van der Waals surface area contributed by atoms with Crippen LogP contribution in [-0.2, 0) is 29.0 Å². The number of terminal acetylenes is 1. The van der Waals surface area contributed by atoms with Crippen LogP contribution in [0, 0.1) is 35.0 Å². The number of allylic oxidation sites excluding steroid dienone is 1. The van der Waals surface area contributed by atoms with E-state index in [-0.39, 0.29) is 42.3 Å². The molecule has 2 saturated carbocycles. The van der Waals surface area contributed by atoms with Gasteiger partial charge >= 0.3 is 6.03 Å². The first kappa shape index (κ1) is 37.3. The molecule has 0 aromatic rings. The fourth-order valence-corrected chi connectivity index (χ4v) is 8.74. The number of Topliss-reactive ketones (excluding diaryl/α,β-unsaturated/α-hetero) is 2. The van der Waals surface area contributed by atoms with Gasteiger partial charge in [0.15, 0.2) is 0 Å². The van der Waals surface area contributed by atoms with Crippen molar-refractivity contribution < 1.29 is 32.4 Å². The molecule has 256 valence electrons. The Morgan fingerprint density at radius 3 is 2.26 bits per heavy atom. The van der Waals surface area contributed by atoms with Crippen LogP contribution in [0.4, 0.5) is 4.79 Å². The summed E-state index contributed by atoms with van der Waals surface area (Å²) in [5.74, 6) is -0.211. The van der Waals surface area contributed by atoms with E-state index in [1.54, 1.807) is 0 Å². The zero-order chi connectivity index (χ0) is 34.7. The quantitative estimate of drug-likeness (QED) is 0.147. The second-order valence-electron chi connectivity index (χ2n) is 15.1. The highest BCUT2D eigenvalue weighted by Gasteiger charge is 2.70. The van der Waals surface area contributed by atoms with Crippen LogP contribution >= 0.6 is 0 Å². The topological polar surface area (TPSA) is 159 Å². The van der Waals surface area contributed by atoms with Crippen LogP contribution in [0.2, 0.25) is 0 Å². The summed E-state index contributed by atoms with van der Waals surface area (Å²) in [4.78, 5) is 68.8. The van der Waals surface area contributed by atoms with Gasteiger partial charge in [-0.05, 0) is 48.3 Å². The second kappa shape index (κ2) is 14.3. The molecular formula is C34H52N4O7S.